The van der Waals surface area contributed by atoms with Crippen LogP contribution < -0.4 is 0 Å². The molecule has 476 valence electrons. The minimum absolute atomic E-state index is 0.192. The van der Waals surface area contributed by atoms with E-state index < -0.39 is 163 Å². The molecule has 8 fully saturated rings. The Bertz CT molecular complexity index is 2370. The molecular formula is C62H97NO21. The standard InChI is InChI=1S/C62H97NO21/c1-31(64)40-18-21-62(68)60(40,8)47(80-58(66)37-15-14-22-63-30-37)29-46-59(7)19-17-39(23-38(59)16-20-61(46,62)67)79-48-25-42(70-10)54(33(3)75-48)82-50-27-44(72-12)56(35(5)77-50)84-52-28-45(73-13)57(36(6)78-52)83-51-26-43(71-11)55(34(4)76-51)81-49-24-41(69-9)53(65)32(2)74-49/h14-16,22,30-36,39-57,64-65,67-68H,17-21,23-29H2,1-13H3/t31-,32+,33+,34+,35+,36+,39+,40+,41+,42+,43+,44+,45+,46?,47?,48-,49-,50-,51-,52-,53+,54+,55+,56+,57+,59-,60-,61+,62-/m0/s1. The molecule has 6 heterocycles. The van der Waals surface area contributed by atoms with Gasteiger partial charge in [-0.15, -0.1) is 0 Å². The second kappa shape index (κ2) is 26.2. The number of fused-ring (bicyclic) bond motifs is 5. The number of nitrogens with zero attached hydrogens (tertiary/aromatic N) is 1. The van der Waals surface area contributed by atoms with Gasteiger partial charge in [-0.3, -0.25) is 4.98 Å². The molecule has 0 aromatic carbocycles. The molecule has 22 heteroatoms. The summed E-state index contributed by atoms with van der Waals surface area (Å²) in [6.07, 6.45) is -1.54. The zero-order chi connectivity index (χ0) is 60.2. The maximum absolute atomic E-state index is 13.7. The summed E-state index contributed by atoms with van der Waals surface area (Å²) in [5, 5.41) is 47.6. The molecule has 0 amide bonds. The molecule has 1 aromatic rings. The molecule has 3 saturated carbocycles. The Hall–Kier alpha value is -2.40. The number of ether oxygens (including phenoxy) is 16. The molecule has 4 N–H and O–H groups in total. The Morgan fingerprint density at radius 2 is 1.08 bits per heavy atom. The van der Waals surface area contributed by atoms with Crippen LogP contribution in [0.1, 0.15) is 143 Å². The summed E-state index contributed by atoms with van der Waals surface area (Å²) in [6, 6.07) is 3.33. The van der Waals surface area contributed by atoms with Crippen LogP contribution in [0.4, 0.5) is 0 Å². The number of aliphatic hydroxyl groups excluding tert-OH is 2. The van der Waals surface area contributed by atoms with Crippen LogP contribution in [0, 0.1) is 22.7 Å². The topological polar surface area (TPSA) is 259 Å². The molecule has 0 spiro atoms. The van der Waals surface area contributed by atoms with E-state index in [4.69, 9.17) is 75.8 Å². The number of aromatic nitrogens is 1. The molecule has 22 nitrogen and oxygen atoms in total. The molecule has 1 aromatic heterocycles. The smallest absolute Gasteiger partial charge is 0.339 e. The van der Waals surface area contributed by atoms with Crippen molar-refractivity contribution in [2.75, 3.05) is 35.5 Å². The highest BCUT2D eigenvalue weighted by atomic mass is 16.8. The number of hydrogen-bond donors (Lipinski definition) is 4. The van der Waals surface area contributed by atoms with E-state index in [1.807, 2.05) is 34.6 Å². The minimum Gasteiger partial charge on any atom is -0.458 e. The molecule has 10 rings (SSSR count). The predicted octanol–water partition coefficient (Wildman–Crippen LogP) is 5.44. The van der Waals surface area contributed by atoms with Crippen molar-refractivity contribution in [3.8, 4) is 0 Å². The van der Waals surface area contributed by atoms with Crippen molar-refractivity contribution in [1.29, 1.82) is 0 Å². The first-order chi connectivity index (χ1) is 40.0. The van der Waals surface area contributed by atoms with E-state index in [9.17, 15) is 25.2 Å². The summed E-state index contributed by atoms with van der Waals surface area (Å²) in [4.78, 5) is 17.9. The van der Waals surface area contributed by atoms with Gasteiger partial charge in [0.25, 0.3) is 0 Å². The maximum Gasteiger partial charge on any atom is 0.339 e. The molecule has 2 unspecified atom stereocenters. The number of carbonyl (C=O) groups is 1. The fraction of sp³-hybridized carbons (Fsp3) is 0.871. The van der Waals surface area contributed by atoms with Crippen molar-refractivity contribution >= 4 is 5.97 Å². The van der Waals surface area contributed by atoms with E-state index >= 15 is 0 Å². The fourth-order valence-corrected chi connectivity index (χ4v) is 16.7. The third kappa shape index (κ3) is 12.1. The Morgan fingerprint density at radius 3 is 1.52 bits per heavy atom. The van der Waals surface area contributed by atoms with Crippen molar-refractivity contribution < 1.29 is 101 Å². The number of methoxy groups -OCH3 is 5. The summed E-state index contributed by atoms with van der Waals surface area (Å²) in [7, 11) is 8.17. The van der Waals surface area contributed by atoms with Gasteiger partial charge in [0.1, 0.15) is 47.8 Å². The first kappa shape index (κ1) is 64.6. The van der Waals surface area contributed by atoms with Crippen molar-refractivity contribution in [2.45, 2.75) is 285 Å². The molecule has 0 radical (unpaired) electrons. The van der Waals surface area contributed by atoms with Gasteiger partial charge in [-0.25, -0.2) is 4.79 Å². The molecule has 4 aliphatic carbocycles. The molecule has 5 aliphatic heterocycles. The van der Waals surface area contributed by atoms with Crippen LogP contribution in [-0.2, 0) is 75.8 Å². The first-order valence-electron chi connectivity index (χ1n) is 30.8. The van der Waals surface area contributed by atoms with E-state index in [1.54, 1.807) is 67.7 Å². The van der Waals surface area contributed by atoms with Gasteiger partial charge in [-0.2, -0.15) is 0 Å². The van der Waals surface area contributed by atoms with Crippen LogP contribution in [-0.4, -0.2) is 219 Å². The second-order valence-corrected chi connectivity index (χ2v) is 26.0. The van der Waals surface area contributed by atoms with E-state index in [0.29, 0.717) is 69.8 Å². The molecule has 29 atom stereocenters. The number of rotatable bonds is 18. The lowest BCUT2D eigenvalue weighted by atomic mass is 9.42. The Kier molecular flexibility index (Phi) is 20.1. The summed E-state index contributed by atoms with van der Waals surface area (Å²) >= 11 is 0. The first-order valence-corrected chi connectivity index (χ1v) is 30.8. The van der Waals surface area contributed by atoms with Gasteiger partial charge in [0.2, 0.25) is 0 Å². The Morgan fingerprint density at radius 1 is 0.631 bits per heavy atom. The number of hydrogen-bond acceptors (Lipinski definition) is 22. The SMILES string of the molecule is CO[C@@H]1C[C@H](O[C@@H]2[C@@H](C)O[C@@H](O[C@@H]3[C@@H](C)O[C@@H](O[C@@H]4[C@@H](C)O[C@@H](O[C@@H]5[C@@H](C)O[C@@H](O[C@@H]6CC[C@@]7(C)C(=CC[C@@]8(O)C7CC(OC(=O)c7cccnc7)[C@]7(C)[C@@H]([C@H](C)O)CC[C@@]87O)C6)C[C@H]5OC)C[C@H]4OC)C[C@H]3OC)C[C@H]2OC)O[C@H](C)[C@H]1O. The number of carbonyl (C=O) groups excluding carboxylic acids is 1. The maximum atomic E-state index is 13.7. The van der Waals surface area contributed by atoms with E-state index in [0.717, 1.165) is 5.57 Å². The number of esters is 1. The molecular weight excluding hydrogens is 1090 g/mol. The Balaban J connectivity index is 0.718. The summed E-state index contributed by atoms with van der Waals surface area (Å²) in [5.74, 6) is -1.40. The van der Waals surface area contributed by atoms with Crippen LogP contribution in [0.3, 0.4) is 0 Å². The monoisotopic (exact) mass is 1190 g/mol. The van der Waals surface area contributed by atoms with Crippen LogP contribution in [0.25, 0.3) is 0 Å². The highest BCUT2D eigenvalue weighted by Gasteiger charge is 2.77. The zero-order valence-electron chi connectivity index (χ0n) is 51.5. The largest absolute Gasteiger partial charge is 0.458 e. The predicted molar refractivity (Wildman–Crippen MR) is 298 cm³/mol. The zero-order valence-corrected chi connectivity index (χ0v) is 51.5. The van der Waals surface area contributed by atoms with Gasteiger partial charge >= 0.3 is 5.97 Å². The van der Waals surface area contributed by atoms with Crippen molar-refractivity contribution in [3.63, 3.8) is 0 Å². The van der Waals surface area contributed by atoms with E-state index in [1.165, 1.54) is 6.20 Å². The van der Waals surface area contributed by atoms with Gasteiger partial charge in [0, 0.05) is 91.4 Å². The average Bonchev–Trinajstić information content (AvgIpc) is 1.30. The third-order valence-corrected chi connectivity index (χ3v) is 21.4. The highest BCUT2D eigenvalue weighted by Crippen LogP contribution is 2.70. The highest BCUT2D eigenvalue weighted by molar-refractivity contribution is 5.89. The average molecular weight is 1190 g/mol. The second-order valence-electron chi connectivity index (χ2n) is 26.0. The van der Waals surface area contributed by atoms with Gasteiger partial charge in [0.15, 0.2) is 31.5 Å². The van der Waals surface area contributed by atoms with Crippen molar-refractivity contribution in [3.05, 3.63) is 41.7 Å². The normalized spacial score (nSPS) is 49.2. The minimum atomic E-state index is -1.64. The van der Waals surface area contributed by atoms with Crippen LogP contribution in [0.15, 0.2) is 36.2 Å². The van der Waals surface area contributed by atoms with Crippen LogP contribution in [0.5, 0.6) is 0 Å². The van der Waals surface area contributed by atoms with Crippen LogP contribution in [0.2, 0.25) is 0 Å². The molecule has 9 aliphatic rings. The summed E-state index contributed by atoms with van der Waals surface area (Å²) in [6.45, 7) is 15.3. The third-order valence-electron chi connectivity index (χ3n) is 21.4. The quantitative estimate of drug-likeness (QED) is 0.105. The van der Waals surface area contributed by atoms with Gasteiger partial charge in [0.05, 0.1) is 78.8 Å². The number of aliphatic hydroxyl groups is 4. The lowest BCUT2D eigenvalue weighted by Gasteiger charge is -2.66. The van der Waals surface area contributed by atoms with Gasteiger partial charge in [-0.05, 0) is 110 Å². The van der Waals surface area contributed by atoms with Crippen molar-refractivity contribution in [1.82, 2.24) is 4.98 Å². The number of pyridine rings is 1. The van der Waals surface area contributed by atoms with Gasteiger partial charge in [-0.1, -0.05) is 25.5 Å². The van der Waals surface area contributed by atoms with Crippen molar-refractivity contribution in [2.24, 2.45) is 22.7 Å². The lowest BCUT2D eigenvalue weighted by Crippen LogP contribution is -2.75. The fourth-order valence-electron chi connectivity index (χ4n) is 16.7. The van der Waals surface area contributed by atoms with E-state index in [2.05, 4.69) is 18.0 Å². The van der Waals surface area contributed by atoms with Crippen LogP contribution >= 0.6 is 0 Å². The van der Waals surface area contributed by atoms with Gasteiger partial charge < -0.3 is 96.2 Å². The molecule has 5 saturated heterocycles. The Labute approximate surface area is 495 Å². The summed E-state index contributed by atoms with van der Waals surface area (Å²) in [5.41, 5.74) is -3.38. The van der Waals surface area contributed by atoms with E-state index in [-0.39, 0.29) is 31.2 Å². The lowest BCUT2D eigenvalue weighted by molar-refractivity contribution is -0.352. The molecule has 84 heavy (non-hydrogen) atoms. The summed E-state index contributed by atoms with van der Waals surface area (Å²) < 4.78 is 101. The molecule has 0 bridgehead atoms.